The molecule has 15 heavy (non-hydrogen) atoms. The number of primary amides is 1. The molecule has 0 saturated carbocycles. The minimum Gasteiger partial charge on any atom is -0.460 e. The molecule has 6 heteroatoms. The van der Waals surface area contributed by atoms with E-state index in [2.05, 4.69) is 0 Å². The second-order valence-corrected chi connectivity index (χ2v) is 4.13. The van der Waals surface area contributed by atoms with Crippen LogP contribution in [0.25, 0.3) is 0 Å². The summed E-state index contributed by atoms with van der Waals surface area (Å²) in [6, 6.07) is -0.775. The average molecular weight is 239 g/mol. The van der Waals surface area contributed by atoms with Crippen molar-refractivity contribution >= 4 is 24.3 Å². The number of hydrogen-bond donors (Lipinski definition) is 2. The summed E-state index contributed by atoms with van der Waals surface area (Å²) in [5.41, 5.74) is 9.77. The van der Waals surface area contributed by atoms with Crippen molar-refractivity contribution in [1.82, 2.24) is 0 Å². The molecular formula is C9H19ClN2O3. The Bertz CT molecular complexity index is 226. The Balaban J connectivity index is 0. The third kappa shape index (κ3) is 9.49. The lowest BCUT2D eigenvalue weighted by Crippen LogP contribution is -2.37. The molecule has 90 valence electrons. The van der Waals surface area contributed by atoms with Gasteiger partial charge in [-0.15, -0.1) is 12.4 Å². The van der Waals surface area contributed by atoms with E-state index < -0.39 is 17.6 Å². The first-order chi connectivity index (χ1) is 6.22. The Morgan fingerprint density at radius 3 is 2.13 bits per heavy atom. The summed E-state index contributed by atoms with van der Waals surface area (Å²) in [4.78, 5) is 21.7. The molecule has 0 saturated heterocycles. The molecular weight excluding hydrogens is 220 g/mol. The van der Waals surface area contributed by atoms with E-state index in [1.54, 1.807) is 20.8 Å². The van der Waals surface area contributed by atoms with Gasteiger partial charge in [-0.25, -0.2) is 0 Å². The molecule has 0 aliphatic carbocycles. The Labute approximate surface area is 95.9 Å². The zero-order valence-corrected chi connectivity index (χ0v) is 10.1. The van der Waals surface area contributed by atoms with Crippen LogP contribution in [-0.2, 0) is 14.3 Å². The molecule has 0 radical (unpaired) electrons. The first-order valence-corrected chi connectivity index (χ1v) is 4.49. The van der Waals surface area contributed by atoms with Gasteiger partial charge < -0.3 is 16.2 Å². The number of carbonyl (C=O) groups excluding carboxylic acids is 2. The molecule has 4 N–H and O–H groups in total. The van der Waals surface area contributed by atoms with Crippen LogP contribution in [0, 0.1) is 0 Å². The fourth-order valence-electron chi connectivity index (χ4n) is 0.808. The number of carbonyl (C=O) groups is 2. The van der Waals surface area contributed by atoms with E-state index in [1.807, 2.05) is 0 Å². The minimum absolute atomic E-state index is 0. The van der Waals surface area contributed by atoms with Crippen LogP contribution in [0.5, 0.6) is 0 Å². The third-order valence-electron chi connectivity index (χ3n) is 1.44. The highest BCUT2D eigenvalue weighted by Crippen LogP contribution is 2.09. The summed E-state index contributed by atoms with van der Waals surface area (Å²) in [5.74, 6) is -0.970. The average Bonchev–Trinajstić information content (AvgIpc) is 1.96. The maximum absolute atomic E-state index is 11.2. The van der Waals surface area contributed by atoms with Gasteiger partial charge in [0, 0.05) is 6.42 Å². The van der Waals surface area contributed by atoms with Crippen molar-refractivity contribution in [3.05, 3.63) is 0 Å². The predicted molar refractivity (Wildman–Crippen MR) is 59.5 cm³/mol. The molecule has 1 atom stereocenters. The summed E-state index contributed by atoms with van der Waals surface area (Å²) in [5, 5.41) is 0. The molecule has 0 fully saturated rings. The maximum Gasteiger partial charge on any atom is 0.306 e. The van der Waals surface area contributed by atoms with Crippen LogP contribution in [0.3, 0.4) is 0 Å². The molecule has 0 aromatic heterocycles. The van der Waals surface area contributed by atoms with Crippen molar-refractivity contribution < 1.29 is 14.3 Å². The quantitative estimate of drug-likeness (QED) is 0.691. The normalized spacial score (nSPS) is 12.5. The van der Waals surface area contributed by atoms with Crippen LogP contribution in [0.1, 0.15) is 33.6 Å². The Hall–Kier alpha value is -0.810. The van der Waals surface area contributed by atoms with E-state index in [1.165, 1.54) is 0 Å². The van der Waals surface area contributed by atoms with Gasteiger partial charge >= 0.3 is 5.97 Å². The van der Waals surface area contributed by atoms with Gasteiger partial charge in [-0.2, -0.15) is 0 Å². The van der Waals surface area contributed by atoms with Gasteiger partial charge in [0.2, 0.25) is 5.91 Å². The van der Waals surface area contributed by atoms with Gasteiger partial charge in [-0.1, -0.05) is 0 Å². The van der Waals surface area contributed by atoms with Gasteiger partial charge in [0.15, 0.2) is 0 Å². The van der Waals surface area contributed by atoms with Crippen molar-refractivity contribution in [3.8, 4) is 0 Å². The Morgan fingerprint density at radius 2 is 1.80 bits per heavy atom. The van der Waals surface area contributed by atoms with Gasteiger partial charge in [-0.05, 0) is 27.2 Å². The van der Waals surface area contributed by atoms with E-state index in [4.69, 9.17) is 16.2 Å². The number of nitrogens with two attached hydrogens (primary N) is 2. The topological polar surface area (TPSA) is 95.4 Å². The van der Waals surface area contributed by atoms with Crippen molar-refractivity contribution in [2.75, 3.05) is 0 Å². The SMILES string of the molecule is CC(C)(C)OC(=O)CC[C@H](N)C(N)=O.Cl. The summed E-state index contributed by atoms with van der Waals surface area (Å²) in [7, 11) is 0. The zero-order chi connectivity index (χ0) is 11.4. The first kappa shape index (κ1) is 16.6. The molecule has 0 heterocycles. The van der Waals surface area contributed by atoms with Gasteiger partial charge in [-0.3, -0.25) is 9.59 Å². The fourth-order valence-corrected chi connectivity index (χ4v) is 0.808. The smallest absolute Gasteiger partial charge is 0.306 e. The molecule has 0 aromatic carbocycles. The summed E-state index contributed by atoms with van der Waals surface area (Å²) in [6.07, 6.45) is 0.339. The van der Waals surface area contributed by atoms with Gasteiger partial charge in [0.1, 0.15) is 5.60 Å². The van der Waals surface area contributed by atoms with Crippen LogP contribution in [0.4, 0.5) is 0 Å². The molecule has 5 nitrogen and oxygen atoms in total. The summed E-state index contributed by atoms with van der Waals surface area (Å²) in [6.45, 7) is 5.33. The molecule has 0 unspecified atom stereocenters. The maximum atomic E-state index is 11.2. The number of halogens is 1. The van der Waals surface area contributed by atoms with Crippen LogP contribution in [-0.4, -0.2) is 23.5 Å². The van der Waals surface area contributed by atoms with Crippen molar-refractivity contribution in [2.24, 2.45) is 11.5 Å². The van der Waals surface area contributed by atoms with Crippen LogP contribution in [0.15, 0.2) is 0 Å². The Kier molecular flexibility index (Phi) is 7.35. The number of esters is 1. The summed E-state index contributed by atoms with van der Waals surface area (Å²) < 4.78 is 5.02. The van der Waals surface area contributed by atoms with Gasteiger partial charge in [0.05, 0.1) is 6.04 Å². The van der Waals surface area contributed by atoms with E-state index in [0.29, 0.717) is 0 Å². The molecule has 0 aliphatic heterocycles. The second-order valence-electron chi connectivity index (χ2n) is 4.13. The zero-order valence-electron chi connectivity index (χ0n) is 9.28. The Morgan fingerprint density at radius 1 is 1.33 bits per heavy atom. The lowest BCUT2D eigenvalue weighted by atomic mass is 10.1. The minimum atomic E-state index is -0.775. The van der Waals surface area contributed by atoms with E-state index in [0.717, 1.165) is 0 Å². The highest BCUT2D eigenvalue weighted by molar-refractivity contribution is 5.85. The number of ether oxygens (including phenoxy) is 1. The molecule has 0 aromatic rings. The molecule has 0 spiro atoms. The standard InChI is InChI=1S/C9H18N2O3.ClH/c1-9(2,3)14-7(12)5-4-6(10)8(11)13;/h6H,4-5,10H2,1-3H3,(H2,11,13);1H/t6-;/m0./s1. The molecule has 0 aliphatic rings. The van der Waals surface area contributed by atoms with Crippen LogP contribution < -0.4 is 11.5 Å². The predicted octanol–water partition coefficient (Wildman–Crippen LogP) is 0.343. The van der Waals surface area contributed by atoms with Crippen LogP contribution >= 0.6 is 12.4 Å². The third-order valence-corrected chi connectivity index (χ3v) is 1.44. The first-order valence-electron chi connectivity index (χ1n) is 4.49. The van der Waals surface area contributed by atoms with Gasteiger partial charge in [0.25, 0.3) is 0 Å². The molecule has 0 bridgehead atoms. The second kappa shape index (κ2) is 6.63. The van der Waals surface area contributed by atoms with E-state index >= 15 is 0 Å². The van der Waals surface area contributed by atoms with E-state index in [-0.39, 0.29) is 31.2 Å². The number of amides is 1. The highest BCUT2D eigenvalue weighted by atomic mass is 35.5. The monoisotopic (exact) mass is 238 g/mol. The molecule has 1 amide bonds. The fraction of sp³-hybridized carbons (Fsp3) is 0.778. The van der Waals surface area contributed by atoms with Crippen molar-refractivity contribution in [2.45, 2.75) is 45.3 Å². The lowest BCUT2D eigenvalue weighted by molar-refractivity contribution is -0.155. The lowest BCUT2D eigenvalue weighted by Gasteiger charge is -2.19. The van der Waals surface area contributed by atoms with Crippen molar-refractivity contribution in [1.29, 1.82) is 0 Å². The highest BCUT2D eigenvalue weighted by Gasteiger charge is 2.18. The largest absolute Gasteiger partial charge is 0.460 e. The molecule has 0 rings (SSSR count). The van der Waals surface area contributed by atoms with Crippen LogP contribution in [0.2, 0.25) is 0 Å². The van der Waals surface area contributed by atoms with Crippen molar-refractivity contribution in [3.63, 3.8) is 0 Å². The van der Waals surface area contributed by atoms with E-state index in [9.17, 15) is 9.59 Å². The number of hydrogen-bond acceptors (Lipinski definition) is 4. The summed E-state index contributed by atoms with van der Waals surface area (Å²) >= 11 is 0. The number of rotatable bonds is 4.